The van der Waals surface area contributed by atoms with Crippen LogP contribution in [0.2, 0.25) is 4.34 Å². The van der Waals surface area contributed by atoms with Gasteiger partial charge in [0.25, 0.3) is 0 Å². The first kappa shape index (κ1) is 22.7. The van der Waals surface area contributed by atoms with Crippen LogP contribution in [0.4, 0.5) is 0 Å². The molecule has 11 heteroatoms. The van der Waals surface area contributed by atoms with Crippen LogP contribution >= 0.6 is 22.9 Å². The molecule has 1 amide bonds. The van der Waals surface area contributed by atoms with Crippen molar-refractivity contribution in [3.8, 4) is 0 Å². The van der Waals surface area contributed by atoms with E-state index in [9.17, 15) is 13.2 Å². The predicted octanol–water partition coefficient (Wildman–Crippen LogP) is 2.75. The van der Waals surface area contributed by atoms with Gasteiger partial charge in [-0.25, -0.2) is 8.42 Å². The van der Waals surface area contributed by atoms with Crippen LogP contribution in [-0.4, -0.2) is 72.9 Å². The standard InChI is InChI=1S/C20H27ClN4O4S2/c1-14-19(15(2)29-22-14)31(27,28)25-7-3-4-16(12-25)20(26)24-10-8-23(9-11-24)13-17-5-6-18(21)30-17/h5-6,16H,3-4,7-13H2,1-2H3. The molecule has 4 rings (SSSR count). The van der Waals surface area contributed by atoms with Crippen molar-refractivity contribution in [2.45, 2.75) is 38.1 Å². The van der Waals surface area contributed by atoms with Crippen LogP contribution in [0.15, 0.2) is 21.6 Å². The number of thiophene rings is 1. The van der Waals surface area contributed by atoms with Crippen molar-refractivity contribution in [1.82, 2.24) is 19.3 Å². The first-order valence-corrected chi connectivity index (χ1v) is 13.1. The van der Waals surface area contributed by atoms with E-state index in [2.05, 4.69) is 10.1 Å². The van der Waals surface area contributed by atoms with E-state index in [0.29, 0.717) is 38.2 Å². The number of hydrogen-bond acceptors (Lipinski definition) is 7. The van der Waals surface area contributed by atoms with Gasteiger partial charge in [0.2, 0.25) is 15.9 Å². The van der Waals surface area contributed by atoms with Gasteiger partial charge in [-0.15, -0.1) is 11.3 Å². The zero-order valence-electron chi connectivity index (χ0n) is 17.7. The summed E-state index contributed by atoms with van der Waals surface area (Å²) in [6.07, 6.45) is 1.37. The van der Waals surface area contributed by atoms with Gasteiger partial charge in [0.05, 0.1) is 10.3 Å². The zero-order valence-corrected chi connectivity index (χ0v) is 20.1. The van der Waals surface area contributed by atoms with Crippen LogP contribution in [0.1, 0.15) is 29.2 Å². The molecule has 4 heterocycles. The number of piperazine rings is 1. The molecule has 2 aromatic heterocycles. The van der Waals surface area contributed by atoms with Gasteiger partial charge in [0, 0.05) is 50.7 Å². The number of rotatable bonds is 5. The van der Waals surface area contributed by atoms with Crippen LogP contribution < -0.4 is 0 Å². The molecular weight excluding hydrogens is 460 g/mol. The third kappa shape index (κ3) is 4.83. The van der Waals surface area contributed by atoms with E-state index in [1.165, 1.54) is 9.18 Å². The van der Waals surface area contributed by atoms with Crippen LogP contribution in [0.5, 0.6) is 0 Å². The number of hydrogen-bond donors (Lipinski definition) is 0. The van der Waals surface area contributed by atoms with Crippen molar-refractivity contribution in [2.24, 2.45) is 5.92 Å². The maximum atomic E-state index is 13.2. The summed E-state index contributed by atoms with van der Waals surface area (Å²) in [4.78, 5) is 18.7. The molecule has 2 aliphatic heterocycles. The summed E-state index contributed by atoms with van der Waals surface area (Å²) in [5.74, 6) is 0.0261. The van der Waals surface area contributed by atoms with Crippen LogP contribution in [0.25, 0.3) is 0 Å². The lowest BCUT2D eigenvalue weighted by atomic mass is 9.98. The largest absolute Gasteiger partial charge is 0.360 e. The number of carbonyl (C=O) groups excluding carboxylic acids is 1. The topological polar surface area (TPSA) is 87.0 Å². The van der Waals surface area contributed by atoms with Gasteiger partial charge in [0.15, 0.2) is 5.76 Å². The Bertz CT molecular complexity index is 1020. The van der Waals surface area contributed by atoms with Gasteiger partial charge >= 0.3 is 0 Å². The minimum absolute atomic E-state index is 0.0532. The van der Waals surface area contributed by atoms with Gasteiger partial charge in [-0.1, -0.05) is 16.8 Å². The molecule has 0 radical (unpaired) electrons. The van der Waals surface area contributed by atoms with E-state index < -0.39 is 10.0 Å². The molecule has 0 aromatic carbocycles. The molecule has 0 spiro atoms. The number of halogens is 1. The summed E-state index contributed by atoms with van der Waals surface area (Å²) >= 11 is 7.60. The minimum Gasteiger partial charge on any atom is -0.360 e. The molecular formula is C20H27ClN4O4S2. The third-order valence-corrected chi connectivity index (χ3v) is 9.32. The first-order chi connectivity index (χ1) is 14.8. The number of amides is 1. The number of sulfonamides is 1. The molecule has 2 fully saturated rings. The SMILES string of the molecule is Cc1noc(C)c1S(=O)(=O)N1CCCC(C(=O)N2CCN(Cc3ccc(Cl)s3)CC2)C1. The van der Waals surface area contributed by atoms with Gasteiger partial charge in [0.1, 0.15) is 10.6 Å². The van der Waals surface area contributed by atoms with E-state index in [1.807, 2.05) is 17.0 Å². The maximum Gasteiger partial charge on any atom is 0.248 e. The van der Waals surface area contributed by atoms with Crippen molar-refractivity contribution in [3.63, 3.8) is 0 Å². The molecule has 170 valence electrons. The van der Waals surface area contributed by atoms with Crippen molar-refractivity contribution in [3.05, 3.63) is 32.8 Å². The summed E-state index contributed by atoms with van der Waals surface area (Å²) < 4.78 is 33.5. The Labute approximate surface area is 191 Å². The average molecular weight is 487 g/mol. The second-order valence-corrected chi connectivity index (χ2v) is 11.8. The zero-order chi connectivity index (χ0) is 22.2. The molecule has 0 bridgehead atoms. The summed E-state index contributed by atoms with van der Waals surface area (Å²) in [5, 5.41) is 3.78. The number of nitrogens with zero attached hydrogens (tertiary/aromatic N) is 4. The monoisotopic (exact) mass is 486 g/mol. The number of piperidine rings is 1. The van der Waals surface area contributed by atoms with Gasteiger partial charge in [-0.3, -0.25) is 9.69 Å². The summed E-state index contributed by atoms with van der Waals surface area (Å²) in [6, 6.07) is 3.95. The highest BCUT2D eigenvalue weighted by Gasteiger charge is 2.38. The van der Waals surface area contributed by atoms with E-state index in [0.717, 1.165) is 24.0 Å². The van der Waals surface area contributed by atoms with Crippen molar-refractivity contribution in [2.75, 3.05) is 39.3 Å². The molecule has 1 unspecified atom stereocenters. The fourth-order valence-corrected chi connectivity index (χ4v) is 7.32. The molecule has 2 aromatic rings. The Hall–Kier alpha value is -1.46. The molecule has 0 N–H and O–H groups in total. The van der Waals surface area contributed by atoms with Crippen LogP contribution in [0, 0.1) is 19.8 Å². The van der Waals surface area contributed by atoms with Gasteiger partial charge in [-0.2, -0.15) is 4.31 Å². The smallest absolute Gasteiger partial charge is 0.248 e. The van der Waals surface area contributed by atoms with Gasteiger partial charge in [-0.05, 0) is 38.8 Å². The predicted molar refractivity (Wildman–Crippen MR) is 119 cm³/mol. The molecule has 2 saturated heterocycles. The second kappa shape index (κ2) is 9.19. The van der Waals surface area contributed by atoms with Crippen molar-refractivity contribution in [1.29, 1.82) is 0 Å². The Morgan fingerprint density at radius 2 is 1.97 bits per heavy atom. The van der Waals surface area contributed by atoms with Crippen molar-refractivity contribution < 1.29 is 17.7 Å². The quantitative estimate of drug-likeness (QED) is 0.645. The fourth-order valence-electron chi connectivity index (χ4n) is 4.38. The molecule has 0 saturated carbocycles. The van der Waals surface area contributed by atoms with E-state index in [1.54, 1.807) is 25.2 Å². The highest BCUT2D eigenvalue weighted by Crippen LogP contribution is 2.29. The number of aromatic nitrogens is 1. The third-order valence-electron chi connectivity index (χ3n) is 5.99. The van der Waals surface area contributed by atoms with Crippen molar-refractivity contribution >= 4 is 38.9 Å². The Kier molecular flexibility index (Phi) is 6.73. The average Bonchev–Trinajstić information content (AvgIpc) is 3.32. The molecule has 1 atom stereocenters. The summed E-state index contributed by atoms with van der Waals surface area (Å²) in [6.45, 7) is 7.60. The Morgan fingerprint density at radius 3 is 2.58 bits per heavy atom. The maximum absolute atomic E-state index is 13.2. The minimum atomic E-state index is -3.73. The molecule has 8 nitrogen and oxygen atoms in total. The normalized spacial score (nSPS) is 21.5. The lowest BCUT2D eigenvalue weighted by Crippen LogP contribution is -2.52. The van der Waals surface area contributed by atoms with Crippen LogP contribution in [0.3, 0.4) is 0 Å². The molecule has 0 aliphatic carbocycles. The molecule has 2 aliphatic rings. The lowest BCUT2D eigenvalue weighted by Gasteiger charge is -2.38. The highest BCUT2D eigenvalue weighted by atomic mass is 35.5. The Balaban J connectivity index is 1.36. The highest BCUT2D eigenvalue weighted by molar-refractivity contribution is 7.89. The fraction of sp³-hybridized carbons (Fsp3) is 0.600. The lowest BCUT2D eigenvalue weighted by molar-refractivity contribution is -0.138. The van der Waals surface area contributed by atoms with E-state index in [-0.39, 0.29) is 29.0 Å². The second-order valence-electron chi connectivity index (χ2n) is 8.16. The van der Waals surface area contributed by atoms with Crippen LogP contribution in [-0.2, 0) is 21.4 Å². The van der Waals surface area contributed by atoms with E-state index >= 15 is 0 Å². The number of carbonyl (C=O) groups is 1. The number of aryl methyl sites for hydroxylation is 2. The first-order valence-electron chi connectivity index (χ1n) is 10.4. The van der Waals surface area contributed by atoms with E-state index in [4.69, 9.17) is 16.1 Å². The molecule has 31 heavy (non-hydrogen) atoms. The summed E-state index contributed by atoms with van der Waals surface area (Å²) in [7, 11) is -3.73. The summed E-state index contributed by atoms with van der Waals surface area (Å²) in [5.41, 5.74) is 0.356. The Morgan fingerprint density at radius 1 is 1.23 bits per heavy atom. The van der Waals surface area contributed by atoms with Gasteiger partial charge < -0.3 is 9.42 Å².